The van der Waals surface area contributed by atoms with Gasteiger partial charge in [-0.15, -0.1) is 0 Å². The summed E-state index contributed by atoms with van der Waals surface area (Å²) in [5.41, 5.74) is 6.02. The van der Waals surface area contributed by atoms with E-state index in [4.69, 9.17) is 4.98 Å². The predicted molar refractivity (Wildman–Crippen MR) is 124 cm³/mol. The first-order chi connectivity index (χ1) is 15.7. The van der Waals surface area contributed by atoms with Gasteiger partial charge in [0.15, 0.2) is 0 Å². The molecule has 3 aromatic rings. The second-order valence-corrected chi connectivity index (χ2v) is 9.41. The fourth-order valence-electron chi connectivity index (χ4n) is 5.82. The predicted octanol–water partition coefficient (Wildman–Crippen LogP) is 3.00. The normalized spacial score (nSPS) is 19.1. The lowest BCUT2D eigenvalue weighted by Gasteiger charge is -2.40. The minimum absolute atomic E-state index is 0.0625. The molecule has 3 aliphatic rings. The largest absolute Gasteiger partial charge is 0.366 e. The van der Waals surface area contributed by atoms with Gasteiger partial charge in [0, 0.05) is 60.8 Å². The van der Waals surface area contributed by atoms with Gasteiger partial charge < -0.3 is 9.80 Å². The molecule has 7 nitrogen and oxygen atoms in total. The average molecular weight is 429 g/mol. The van der Waals surface area contributed by atoms with Gasteiger partial charge in [-0.05, 0) is 50.2 Å². The fraction of sp³-hybridized carbons (Fsp3) is 0.440. The van der Waals surface area contributed by atoms with E-state index in [1.807, 2.05) is 12.4 Å². The van der Waals surface area contributed by atoms with E-state index in [0.717, 1.165) is 87.5 Å². The number of hydrogen-bond donors (Lipinski definition) is 1. The highest BCUT2D eigenvalue weighted by Gasteiger charge is 2.44. The third kappa shape index (κ3) is 3.27. The summed E-state index contributed by atoms with van der Waals surface area (Å²) in [5, 5.41) is 0. The van der Waals surface area contributed by atoms with Crippen molar-refractivity contribution in [3.8, 4) is 0 Å². The van der Waals surface area contributed by atoms with Crippen molar-refractivity contribution in [1.82, 2.24) is 19.9 Å². The van der Waals surface area contributed by atoms with Gasteiger partial charge in [-0.2, -0.15) is 0 Å². The summed E-state index contributed by atoms with van der Waals surface area (Å²) in [6, 6.07) is 8.82. The number of anilines is 2. The number of fused-ring (bicyclic) bond motifs is 3. The summed E-state index contributed by atoms with van der Waals surface area (Å²) in [6.07, 6.45) is 11.5. The van der Waals surface area contributed by atoms with Crippen molar-refractivity contribution in [3.63, 3.8) is 0 Å². The zero-order valence-corrected chi connectivity index (χ0v) is 18.3. The van der Waals surface area contributed by atoms with E-state index in [2.05, 4.69) is 49.0 Å². The molecule has 2 aromatic heterocycles. The molecular weight excluding hydrogens is 400 g/mol. The van der Waals surface area contributed by atoms with Crippen LogP contribution < -0.4 is 15.4 Å². The van der Waals surface area contributed by atoms with Crippen LogP contribution >= 0.6 is 0 Å². The van der Waals surface area contributed by atoms with Gasteiger partial charge in [0.05, 0.1) is 5.69 Å². The highest BCUT2D eigenvalue weighted by molar-refractivity contribution is 5.63. The summed E-state index contributed by atoms with van der Waals surface area (Å²) >= 11 is 0. The van der Waals surface area contributed by atoms with E-state index in [1.165, 1.54) is 11.3 Å². The van der Waals surface area contributed by atoms with Gasteiger partial charge in [-0.3, -0.25) is 9.78 Å². The minimum atomic E-state index is 0.0625. The third-order valence-electron chi connectivity index (χ3n) is 7.50. The zero-order chi connectivity index (χ0) is 21.5. The summed E-state index contributed by atoms with van der Waals surface area (Å²) < 4.78 is 0. The van der Waals surface area contributed by atoms with Crippen LogP contribution in [-0.2, 0) is 24.8 Å². The van der Waals surface area contributed by atoms with Crippen LogP contribution in [0.5, 0.6) is 0 Å². The number of hydrogen-bond acceptors (Lipinski definition) is 6. The van der Waals surface area contributed by atoms with Crippen LogP contribution in [-0.4, -0.2) is 39.6 Å². The number of piperidine rings is 1. The van der Waals surface area contributed by atoms with Gasteiger partial charge in [-0.25, -0.2) is 15.0 Å². The molecule has 1 N–H and O–H groups in total. The SMILES string of the molecule is O=c1[nH]c(N2CCC3(CC2)CN(Cc2cncnc2)c2ccccc23)nc2c1CCCC2. The Kier molecular flexibility index (Phi) is 4.70. The number of rotatable bonds is 3. The summed E-state index contributed by atoms with van der Waals surface area (Å²) in [5.74, 6) is 0.759. The Morgan fingerprint density at radius 3 is 2.66 bits per heavy atom. The molecule has 0 atom stereocenters. The maximum atomic E-state index is 12.6. The molecule has 0 unspecified atom stereocenters. The zero-order valence-electron chi connectivity index (χ0n) is 18.3. The number of para-hydroxylation sites is 1. The molecule has 32 heavy (non-hydrogen) atoms. The number of nitrogens with one attached hydrogen (secondary N) is 1. The van der Waals surface area contributed by atoms with Crippen molar-refractivity contribution in [2.75, 3.05) is 29.4 Å². The Morgan fingerprint density at radius 2 is 1.81 bits per heavy atom. The molecule has 1 spiro atoms. The maximum Gasteiger partial charge on any atom is 0.255 e. The Bertz CT molecular complexity index is 1180. The Labute approximate surface area is 187 Å². The van der Waals surface area contributed by atoms with Gasteiger partial charge in [0.1, 0.15) is 6.33 Å². The second-order valence-electron chi connectivity index (χ2n) is 9.41. The number of benzene rings is 1. The van der Waals surface area contributed by atoms with Gasteiger partial charge in [-0.1, -0.05) is 18.2 Å². The van der Waals surface area contributed by atoms with Gasteiger partial charge in [0.2, 0.25) is 5.95 Å². The van der Waals surface area contributed by atoms with Crippen molar-refractivity contribution < 1.29 is 0 Å². The number of nitrogens with zero attached hydrogens (tertiary/aromatic N) is 5. The van der Waals surface area contributed by atoms with Crippen molar-refractivity contribution in [2.24, 2.45) is 0 Å². The highest BCUT2D eigenvalue weighted by Crippen LogP contribution is 2.47. The Morgan fingerprint density at radius 1 is 1.03 bits per heavy atom. The lowest BCUT2D eigenvalue weighted by Crippen LogP contribution is -2.46. The second kappa shape index (κ2) is 7.73. The lowest BCUT2D eigenvalue weighted by molar-refractivity contribution is 0.347. The molecule has 2 aliphatic heterocycles. The van der Waals surface area contributed by atoms with Gasteiger partial charge >= 0.3 is 0 Å². The first kappa shape index (κ1) is 19.5. The summed E-state index contributed by atoms with van der Waals surface area (Å²) in [4.78, 5) is 33.7. The van der Waals surface area contributed by atoms with Gasteiger partial charge in [0.25, 0.3) is 5.56 Å². The van der Waals surface area contributed by atoms with Crippen LogP contribution in [0.4, 0.5) is 11.6 Å². The first-order valence-corrected chi connectivity index (χ1v) is 11.7. The fourth-order valence-corrected chi connectivity index (χ4v) is 5.82. The number of aromatic amines is 1. The molecule has 0 bridgehead atoms. The van der Waals surface area contributed by atoms with Crippen molar-refractivity contribution in [1.29, 1.82) is 0 Å². The molecular formula is C25H28N6O. The minimum Gasteiger partial charge on any atom is -0.366 e. The van der Waals surface area contributed by atoms with Crippen LogP contribution in [0.1, 0.15) is 48.1 Å². The van der Waals surface area contributed by atoms with E-state index in [9.17, 15) is 4.79 Å². The molecule has 1 aliphatic carbocycles. The van der Waals surface area contributed by atoms with Crippen molar-refractivity contribution in [3.05, 3.63) is 75.7 Å². The molecule has 4 heterocycles. The molecule has 1 aromatic carbocycles. The maximum absolute atomic E-state index is 12.6. The van der Waals surface area contributed by atoms with E-state index < -0.39 is 0 Å². The summed E-state index contributed by atoms with van der Waals surface area (Å²) in [6.45, 7) is 3.63. The molecule has 0 saturated carbocycles. The standard InChI is InChI=1S/C25H28N6O/c32-23-19-5-1-3-7-21(19)28-24(29-23)30-11-9-25(10-12-30)16-31(15-18-13-26-17-27-14-18)22-8-4-2-6-20(22)25/h2,4,6,8,13-14,17H,1,3,5,7,9-12,15-16H2,(H,28,29,32). The third-order valence-corrected chi connectivity index (χ3v) is 7.50. The molecule has 1 fully saturated rings. The number of H-pyrrole nitrogens is 1. The quantitative estimate of drug-likeness (QED) is 0.691. The van der Waals surface area contributed by atoms with E-state index in [0.29, 0.717) is 0 Å². The summed E-state index contributed by atoms with van der Waals surface area (Å²) in [7, 11) is 0. The van der Waals surface area contributed by atoms with Crippen LogP contribution in [0.3, 0.4) is 0 Å². The molecule has 6 rings (SSSR count). The molecule has 1 saturated heterocycles. The Hall–Kier alpha value is -3.22. The van der Waals surface area contributed by atoms with Crippen LogP contribution in [0.2, 0.25) is 0 Å². The molecule has 0 radical (unpaired) electrons. The number of aryl methyl sites for hydroxylation is 1. The van der Waals surface area contributed by atoms with E-state index in [1.54, 1.807) is 6.33 Å². The molecule has 0 amide bonds. The molecule has 7 heteroatoms. The monoisotopic (exact) mass is 428 g/mol. The lowest BCUT2D eigenvalue weighted by atomic mass is 9.74. The van der Waals surface area contributed by atoms with E-state index >= 15 is 0 Å². The molecule has 164 valence electrons. The first-order valence-electron chi connectivity index (χ1n) is 11.7. The highest BCUT2D eigenvalue weighted by atomic mass is 16.1. The van der Waals surface area contributed by atoms with Crippen molar-refractivity contribution >= 4 is 11.6 Å². The Balaban J connectivity index is 1.24. The average Bonchev–Trinajstić information content (AvgIpc) is 3.13. The topological polar surface area (TPSA) is 78.0 Å². The van der Waals surface area contributed by atoms with E-state index in [-0.39, 0.29) is 11.0 Å². The van der Waals surface area contributed by atoms with Crippen LogP contribution in [0.25, 0.3) is 0 Å². The van der Waals surface area contributed by atoms with Crippen LogP contribution in [0.15, 0.2) is 47.8 Å². The smallest absolute Gasteiger partial charge is 0.255 e. The number of aromatic nitrogens is 4. The van der Waals surface area contributed by atoms with Crippen LogP contribution in [0, 0.1) is 0 Å². The van der Waals surface area contributed by atoms with Crippen molar-refractivity contribution in [2.45, 2.75) is 50.5 Å².